The lowest BCUT2D eigenvalue weighted by molar-refractivity contribution is -0.379. The number of nitrogens with one attached hydrogen (secondary N) is 1. The number of unbranched alkanes of at least 4 members (excludes halogenated alkanes) is 32. The highest BCUT2D eigenvalue weighted by molar-refractivity contribution is 5.76. The van der Waals surface area contributed by atoms with Crippen LogP contribution in [0.2, 0.25) is 0 Å². The van der Waals surface area contributed by atoms with E-state index in [1.54, 1.807) is 6.08 Å². The first-order valence-corrected chi connectivity index (χ1v) is 36.5. The van der Waals surface area contributed by atoms with Crippen LogP contribution in [0.25, 0.3) is 0 Å². The SMILES string of the molecule is CC/C=C\C/C=C\C/C=C\C/C=C\CCCCCCCCCCCCCCCCCCC(=O)NC(COC1OC(CO)C(OC2OC(CO)C(OC3OC(CO)C(O)C(O)C3O)C(O)C2O)C(O)C1O)C(O)/C=C/CCCCCCCCCCCCCCCCCC. The summed E-state index contributed by atoms with van der Waals surface area (Å²) >= 11 is 0. The quantitative estimate of drug-likeness (QED) is 0.0199. The third-order valence-corrected chi connectivity index (χ3v) is 18.1. The van der Waals surface area contributed by atoms with Crippen LogP contribution in [0.1, 0.15) is 264 Å². The average molecular weight is 1310 g/mol. The molecule has 1 amide bonds. The van der Waals surface area contributed by atoms with Crippen LogP contribution in [0.3, 0.4) is 0 Å². The molecule has 0 aromatic heterocycles. The van der Waals surface area contributed by atoms with Gasteiger partial charge in [-0.1, -0.05) is 261 Å². The van der Waals surface area contributed by atoms with E-state index < -0.39 is 124 Å². The number of hydrogen-bond donors (Lipinski definition) is 12. The van der Waals surface area contributed by atoms with Crippen molar-refractivity contribution in [2.45, 2.75) is 369 Å². The van der Waals surface area contributed by atoms with Gasteiger partial charge in [-0.3, -0.25) is 4.79 Å². The van der Waals surface area contributed by atoms with Crippen molar-refractivity contribution < 1.29 is 89.4 Å². The van der Waals surface area contributed by atoms with Crippen LogP contribution in [0.4, 0.5) is 0 Å². The van der Waals surface area contributed by atoms with E-state index in [1.165, 1.54) is 167 Å². The zero-order valence-corrected chi connectivity index (χ0v) is 56.8. The Bertz CT molecular complexity index is 1900. The maximum absolute atomic E-state index is 13.4. The molecule has 0 aromatic carbocycles. The lowest BCUT2D eigenvalue weighted by Gasteiger charge is -2.48. The van der Waals surface area contributed by atoms with Gasteiger partial charge in [0.05, 0.1) is 38.6 Å². The number of allylic oxidation sites excluding steroid dienone is 9. The minimum Gasteiger partial charge on any atom is -0.394 e. The van der Waals surface area contributed by atoms with Gasteiger partial charge in [-0.2, -0.15) is 0 Å². The van der Waals surface area contributed by atoms with Crippen LogP contribution in [-0.4, -0.2) is 193 Å². The van der Waals surface area contributed by atoms with E-state index in [1.807, 2.05) is 6.08 Å². The van der Waals surface area contributed by atoms with Crippen LogP contribution in [0.15, 0.2) is 60.8 Å². The van der Waals surface area contributed by atoms with E-state index in [2.05, 4.69) is 67.8 Å². The number of rotatable bonds is 56. The van der Waals surface area contributed by atoms with Gasteiger partial charge in [0.2, 0.25) is 5.91 Å². The number of amides is 1. The second-order valence-corrected chi connectivity index (χ2v) is 26.0. The fraction of sp³-hybridized carbons (Fsp3) is 0.849. The first-order valence-electron chi connectivity index (χ1n) is 36.5. The lowest BCUT2D eigenvalue weighted by Crippen LogP contribution is -2.66. The van der Waals surface area contributed by atoms with E-state index in [4.69, 9.17) is 28.4 Å². The van der Waals surface area contributed by atoms with Gasteiger partial charge in [-0.15, -0.1) is 0 Å². The van der Waals surface area contributed by atoms with Gasteiger partial charge in [0.15, 0.2) is 18.9 Å². The van der Waals surface area contributed by atoms with E-state index >= 15 is 0 Å². The van der Waals surface area contributed by atoms with Crippen molar-refractivity contribution in [2.24, 2.45) is 0 Å². The van der Waals surface area contributed by atoms with Crippen molar-refractivity contribution >= 4 is 5.91 Å². The summed E-state index contributed by atoms with van der Waals surface area (Å²) in [4.78, 5) is 13.4. The third kappa shape index (κ3) is 35.7. The van der Waals surface area contributed by atoms with E-state index in [0.29, 0.717) is 6.42 Å². The van der Waals surface area contributed by atoms with Crippen LogP contribution in [0.5, 0.6) is 0 Å². The Balaban J connectivity index is 1.40. The molecule has 536 valence electrons. The van der Waals surface area contributed by atoms with Crippen molar-refractivity contribution in [3.8, 4) is 0 Å². The normalized spacial score (nSPS) is 28.0. The Kier molecular flexibility index (Phi) is 49.6. The fourth-order valence-corrected chi connectivity index (χ4v) is 12.2. The molecule has 17 atom stereocenters. The minimum absolute atomic E-state index is 0.243. The molecule has 3 saturated heterocycles. The molecule has 3 aliphatic rings. The van der Waals surface area contributed by atoms with Crippen LogP contribution in [-0.2, 0) is 33.2 Å². The molecule has 12 N–H and O–H groups in total. The van der Waals surface area contributed by atoms with E-state index in [0.717, 1.165) is 70.6 Å². The van der Waals surface area contributed by atoms with Gasteiger partial charge in [-0.25, -0.2) is 0 Å². The molecule has 92 heavy (non-hydrogen) atoms. The maximum Gasteiger partial charge on any atom is 0.220 e. The maximum atomic E-state index is 13.4. The Morgan fingerprint density at radius 1 is 0.402 bits per heavy atom. The molecule has 0 saturated carbocycles. The zero-order chi connectivity index (χ0) is 66.8. The predicted molar refractivity (Wildman–Crippen MR) is 360 cm³/mol. The van der Waals surface area contributed by atoms with Gasteiger partial charge < -0.3 is 89.9 Å². The van der Waals surface area contributed by atoms with Gasteiger partial charge in [0.25, 0.3) is 0 Å². The Labute approximate surface area is 554 Å². The number of carbonyl (C=O) groups excluding carboxylic acids is 1. The van der Waals surface area contributed by atoms with Gasteiger partial charge >= 0.3 is 0 Å². The van der Waals surface area contributed by atoms with Crippen LogP contribution in [0, 0.1) is 0 Å². The topological polar surface area (TPSA) is 307 Å². The molecular formula is C73H131NO18. The molecule has 0 bridgehead atoms. The Morgan fingerprint density at radius 3 is 1.17 bits per heavy atom. The van der Waals surface area contributed by atoms with Crippen molar-refractivity contribution in [3.05, 3.63) is 60.8 Å². The summed E-state index contributed by atoms with van der Waals surface area (Å²) < 4.78 is 34.4. The largest absolute Gasteiger partial charge is 0.394 e. The highest BCUT2D eigenvalue weighted by atomic mass is 16.8. The summed E-state index contributed by atoms with van der Waals surface area (Å²) in [6.45, 7) is 1.64. The lowest BCUT2D eigenvalue weighted by atomic mass is 9.96. The van der Waals surface area contributed by atoms with Gasteiger partial charge in [0.1, 0.15) is 73.2 Å². The van der Waals surface area contributed by atoms with Gasteiger partial charge in [-0.05, 0) is 57.8 Å². The second kappa shape index (κ2) is 54.5. The average Bonchev–Trinajstić information content (AvgIpc) is 0.834. The number of ether oxygens (including phenoxy) is 6. The first kappa shape index (κ1) is 83.7. The highest BCUT2D eigenvalue weighted by Gasteiger charge is 2.53. The number of hydrogen-bond acceptors (Lipinski definition) is 18. The molecule has 0 spiro atoms. The third-order valence-electron chi connectivity index (χ3n) is 18.1. The first-order chi connectivity index (χ1) is 44.8. The zero-order valence-electron chi connectivity index (χ0n) is 56.8. The summed E-state index contributed by atoms with van der Waals surface area (Å²) in [7, 11) is 0. The summed E-state index contributed by atoms with van der Waals surface area (Å²) in [5.41, 5.74) is 0. The standard InChI is InChI=1S/C73H131NO18/c1-3-5-7-9-11-13-15-17-19-21-23-24-25-26-27-28-29-30-31-32-33-35-37-39-41-43-45-47-49-51-61(79)74-56(57(78)50-48-46-44-42-40-38-36-34-22-20-18-16-14-12-10-8-6-4-2)55-87-71-67(85)64(82)69(59(53-76)89-71)92-73-68(86)65(83)70(60(54-77)90-73)91-72-66(84)63(81)62(80)58(52-75)88-72/h5,7,11,13,17,19,23-24,48,50,56-60,62-73,75-78,80-86H,3-4,6,8-10,12,14-16,18,20-22,25-47,49,51-55H2,1-2H3,(H,74,79)/b7-5-,13-11-,19-17-,24-23-,50-48+. The molecule has 17 unspecified atom stereocenters. The molecule has 19 heteroatoms. The van der Waals surface area contributed by atoms with Crippen molar-refractivity contribution in [2.75, 3.05) is 26.4 Å². The minimum atomic E-state index is -1.98. The summed E-state index contributed by atoms with van der Waals surface area (Å²) in [5.74, 6) is -0.274. The Morgan fingerprint density at radius 2 is 0.750 bits per heavy atom. The number of aliphatic hydroxyl groups excluding tert-OH is 11. The molecule has 0 radical (unpaired) electrons. The molecule has 19 nitrogen and oxygen atoms in total. The molecule has 3 fully saturated rings. The smallest absolute Gasteiger partial charge is 0.220 e. The molecule has 3 heterocycles. The van der Waals surface area contributed by atoms with Crippen molar-refractivity contribution in [3.63, 3.8) is 0 Å². The monoisotopic (exact) mass is 1310 g/mol. The van der Waals surface area contributed by atoms with Crippen LogP contribution >= 0.6 is 0 Å². The number of carbonyl (C=O) groups is 1. The second-order valence-electron chi connectivity index (χ2n) is 26.0. The van der Waals surface area contributed by atoms with Crippen LogP contribution < -0.4 is 5.32 Å². The summed E-state index contributed by atoms with van der Waals surface area (Å²) in [5, 5.41) is 121. The predicted octanol–water partition coefficient (Wildman–Crippen LogP) is 10.3. The van der Waals surface area contributed by atoms with Gasteiger partial charge in [0, 0.05) is 6.42 Å². The molecule has 0 aliphatic carbocycles. The molecular weight excluding hydrogens is 1180 g/mol. The van der Waals surface area contributed by atoms with E-state index in [9.17, 15) is 61.0 Å². The van der Waals surface area contributed by atoms with Crippen molar-refractivity contribution in [1.82, 2.24) is 5.32 Å². The molecule has 0 aromatic rings. The fourth-order valence-electron chi connectivity index (χ4n) is 12.2. The van der Waals surface area contributed by atoms with E-state index in [-0.39, 0.29) is 18.9 Å². The molecule has 3 rings (SSSR count). The molecule has 3 aliphatic heterocycles. The Hall–Kier alpha value is -2.51. The number of aliphatic hydroxyl groups is 11. The van der Waals surface area contributed by atoms with Crippen molar-refractivity contribution in [1.29, 1.82) is 0 Å². The highest BCUT2D eigenvalue weighted by Crippen LogP contribution is 2.33. The summed E-state index contributed by atoms with van der Waals surface area (Å²) in [6.07, 6.45) is 40.5. The summed E-state index contributed by atoms with van der Waals surface area (Å²) in [6, 6.07) is -0.975.